The molecule has 0 atom stereocenters. The summed E-state index contributed by atoms with van der Waals surface area (Å²) < 4.78 is 49.8. The molecule has 1 aromatic rings. The van der Waals surface area contributed by atoms with Crippen LogP contribution in [-0.2, 0) is 0 Å². The van der Waals surface area contributed by atoms with Crippen molar-refractivity contribution >= 4 is 17.3 Å². The summed E-state index contributed by atoms with van der Waals surface area (Å²) in [5.41, 5.74) is 4.28. The van der Waals surface area contributed by atoms with Gasteiger partial charge >= 0.3 is 12.1 Å². The van der Waals surface area contributed by atoms with Gasteiger partial charge in [0.1, 0.15) is 12.4 Å². The van der Waals surface area contributed by atoms with E-state index in [0.29, 0.717) is 11.0 Å². The first-order valence-electron chi connectivity index (χ1n) is 4.72. The Kier molecular flexibility index (Phi) is 3.68. The number of hydrogen-bond donors (Lipinski definition) is 2. The number of rotatable bonds is 3. The number of carbonyl (C=O) groups is 1. The van der Waals surface area contributed by atoms with Gasteiger partial charge in [-0.15, -0.1) is 0 Å². The van der Waals surface area contributed by atoms with Crippen molar-refractivity contribution in [2.75, 3.05) is 24.2 Å². The summed E-state index contributed by atoms with van der Waals surface area (Å²) in [6, 6.07) is 1.46. The number of carboxylic acid groups (broad SMARTS) is 1. The SMILES string of the molecule is CN(CC(F)(F)F)c1cc(F)c(C(=O)O)cc1N. The van der Waals surface area contributed by atoms with Crippen LogP contribution < -0.4 is 10.6 Å². The van der Waals surface area contributed by atoms with E-state index in [1.807, 2.05) is 0 Å². The maximum Gasteiger partial charge on any atom is 0.405 e. The second-order valence-corrected chi connectivity index (χ2v) is 3.67. The van der Waals surface area contributed by atoms with Gasteiger partial charge in [-0.05, 0) is 6.07 Å². The molecule has 0 unspecified atom stereocenters. The van der Waals surface area contributed by atoms with Gasteiger partial charge in [-0.25, -0.2) is 9.18 Å². The van der Waals surface area contributed by atoms with Gasteiger partial charge in [0.15, 0.2) is 0 Å². The largest absolute Gasteiger partial charge is 0.478 e. The van der Waals surface area contributed by atoms with Gasteiger partial charge < -0.3 is 15.7 Å². The number of anilines is 2. The molecule has 3 N–H and O–H groups in total. The second kappa shape index (κ2) is 4.71. The van der Waals surface area contributed by atoms with E-state index < -0.39 is 30.1 Å². The van der Waals surface area contributed by atoms with Crippen molar-refractivity contribution in [3.63, 3.8) is 0 Å². The monoisotopic (exact) mass is 266 g/mol. The van der Waals surface area contributed by atoms with E-state index in [1.165, 1.54) is 0 Å². The number of carboxylic acids is 1. The molecule has 1 rings (SSSR count). The maximum atomic E-state index is 13.3. The van der Waals surface area contributed by atoms with Gasteiger partial charge in [0, 0.05) is 13.1 Å². The van der Waals surface area contributed by atoms with Crippen LogP contribution in [0, 0.1) is 5.82 Å². The minimum Gasteiger partial charge on any atom is -0.478 e. The van der Waals surface area contributed by atoms with E-state index in [2.05, 4.69) is 0 Å². The Morgan fingerprint density at radius 2 is 2.00 bits per heavy atom. The minimum atomic E-state index is -4.47. The van der Waals surface area contributed by atoms with E-state index in [1.54, 1.807) is 0 Å². The molecule has 100 valence electrons. The molecule has 4 nitrogen and oxygen atoms in total. The fourth-order valence-corrected chi connectivity index (χ4v) is 1.43. The third kappa shape index (κ3) is 3.25. The van der Waals surface area contributed by atoms with Gasteiger partial charge in [0.05, 0.1) is 16.9 Å². The highest BCUT2D eigenvalue weighted by Crippen LogP contribution is 2.28. The number of nitrogens with two attached hydrogens (primary N) is 1. The molecule has 0 bridgehead atoms. The predicted octanol–water partition coefficient (Wildman–Crippen LogP) is 2.10. The molecule has 0 heterocycles. The second-order valence-electron chi connectivity index (χ2n) is 3.67. The van der Waals surface area contributed by atoms with E-state index in [9.17, 15) is 22.4 Å². The molecule has 0 spiro atoms. The average molecular weight is 266 g/mol. The molecule has 0 aromatic heterocycles. The van der Waals surface area contributed by atoms with Crippen LogP contribution in [0.5, 0.6) is 0 Å². The van der Waals surface area contributed by atoms with Crippen molar-refractivity contribution < 1.29 is 27.5 Å². The lowest BCUT2D eigenvalue weighted by Crippen LogP contribution is -2.31. The van der Waals surface area contributed by atoms with Crippen molar-refractivity contribution in [3.05, 3.63) is 23.5 Å². The topological polar surface area (TPSA) is 66.6 Å². The summed E-state index contributed by atoms with van der Waals surface area (Å²) in [7, 11) is 1.08. The predicted molar refractivity (Wildman–Crippen MR) is 57.1 cm³/mol. The summed E-state index contributed by atoms with van der Waals surface area (Å²) in [5.74, 6) is -2.68. The number of benzene rings is 1. The highest BCUT2D eigenvalue weighted by Gasteiger charge is 2.30. The van der Waals surface area contributed by atoms with Crippen LogP contribution in [0.4, 0.5) is 28.9 Å². The number of nitrogen functional groups attached to an aromatic ring is 1. The Balaban J connectivity index is 3.12. The molecule has 0 radical (unpaired) electrons. The van der Waals surface area contributed by atoms with E-state index in [-0.39, 0.29) is 11.4 Å². The summed E-state index contributed by atoms with van der Waals surface area (Å²) in [5, 5.41) is 8.62. The van der Waals surface area contributed by atoms with Gasteiger partial charge in [-0.1, -0.05) is 0 Å². The van der Waals surface area contributed by atoms with Gasteiger partial charge in [0.25, 0.3) is 0 Å². The van der Waals surface area contributed by atoms with Gasteiger partial charge in [-0.2, -0.15) is 13.2 Å². The first-order valence-corrected chi connectivity index (χ1v) is 4.72. The van der Waals surface area contributed by atoms with Crippen LogP contribution in [0.2, 0.25) is 0 Å². The van der Waals surface area contributed by atoms with Crippen LogP contribution in [-0.4, -0.2) is 30.8 Å². The highest BCUT2D eigenvalue weighted by atomic mass is 19.4. The molecule has 0 saturated heterocycles. The third-order valence-corrected chi connectivity index (χ3v) is 2.17. The van der Waals surface area contributed by atoms with Crippen LogP contribution in [0.15, 0.2) is 12.1 Å². The minimum absolute atomic E-state index is 0.213. The van der Waals surface area contributed by atoms with Crippen molar-refractivity contribution in [3.8, 4) is 0 Å². The Morgan fingerprint density at radius 1 is 1.44 bits per heavy atom. The molecule has 18 heavy (non-hydrogen) atoms. The van der Waals surface area contributed by atoms with Crippen molar-refractivity contribution in [1.82, 2.24) is 0 Å². The van der Waals surface area contributed by atoms with E-state index >= 15 is 0 Å². The normalized spacial score (nSPS) is 11.4. The molecule has 0 fully saturated rings. The number of nitrogens with zero attached hydrogens (tertiary/aromatic N) is 1. The molecular formula is C10H10F4N2O2. The Morgan fingerprint density at radius 3 is 2.44 bits per heavy atom. The van der Waals surface area contributed by atoms with Crippen LogP contribution in [0.25, 0.3) is 0 Å². The lowest BCUT2D eigenvalue weighted by atomic mass is 10.1. The fraction of sp³-hybridized carbons (Fsp3) is 0.300. The van der Waals surface area contributed by atoms with Crippen LogP contribution in [0.3, 0.4) is 0 Å². The van der Waals surface area contributed by atoms with Crippen molar-refractivity contribution in [2.24, 2.45) is 0 Å². The zero-order valence-electron chi connectivity index (χ0n) is 9.25. The number of halogens is 4. The lowest BCUT2D eigenvalue weighted by molar-refractivity contribution is -0.119. The number of aromatic carboxylic acids is 1. The average Bonchev–Trinajstić information content (AvgIpc) is 2.17. The summed E-state index contributed by atoms with van der Waals surface area (Å²) in [4.78, 5) is 11.3. The molecular weight excluding hydrogens is 256 g/mol. The zero-order chi connectivity index (χ0) is 14.1. The Hall–Kier alpha value is -1.99. The standard InChI is InChI=1S/C10H10F4N2O2/c1-16(4-10(12,13)14)8-3-6(11)5(9(17)18)2-7(8)15/h2-3H,4,15H2,1H3,(H,17,18). The molecule has 0 aliphatic rings. The molecule has 0 aliphatic heterocycles. The first-order chi connectivity index (χ1) is 8.11. The molecule has 0 aliphatic carbocycles. The number of alkyl halides is 3. The number of hydrogen-bond acceptors (Lipinski definition) is 3. The summed E-state index contributed by atoms with van der Waals surface area (Å²) in [6.45, 7) is -1.32. The Labute approximate surface area is 99.6 Å². The lowest BCUT2D eigenvalue weighted by Gasteiger charge is -2.22. The summed E-state index contributed by atoms with van der Waals surface area (Å²) >= 11 is 0. The fourth-order valence-electron chi connectivity index (χ4n) is 1.43. The maximum absolute atomic E-state index is 13.3. The zero-order valence-corrected chi connectivity index (χ0v) is 9.25. The molecule has 8 heteroatoms. The first kappa shape index (κ1) is 14.1. The van der Waals surface area contributed by atoms with Gasteiger partial charge in [-0.3, -0.25) is 0 Å². The van der Waals surface area contributed by atoms with Crippen LogP contribution >= 0.6 is 0 Å². The smallest absolute Gasteiger partial charge is 0.405 e. The van der Waals surface area contributed by atoms with Crippen molar-refractivity contribution in [1.29, 1.82) is 0 Å². The third-order valence-electron chi connectivity index (χ3n) is 2.17. The van der Waals surface area contributed by atoms with Crippen molar-refractivity contribution in [2.45, 2.75) is 6.18 Å². The molecule has 1 aromatic carbocycles. The quantitative estimate of drug-likeness (QED) is 0.649. The van der Waals surface area contributed by atoms with Gasteiger partial charge in [0.2, 0.25) is 0 Å². The Bertz CT molecular complexity index is 474. The highest BCUT2D eigenvalue weighted by molar-refractivity contribution is 5.90. The molecule has 0 amide bonds. The van der Waals surface area contributed by atoms with E-state index in [0.717, 1.165) is 13.1 Å². The van der Waals surface area contributed by atoms with Crippen LogP contribution in [0.1, 0.15) is 10.4 Å². The van der Waals surface area contributed by atoms with E-state index in [4.69, 9.17) is 10.8 Å². The molecule has 0 saturated carbocycles. The summed E-state index contributed by atoms with van der Waals surface area (Å²) in [6.07, 6.45) is -4.47.